The van der Waals surface area contributed by atoms with Crippen molar-refractivity contribution in [3.8, 4) is 17.0 Å². The van der Waals surface area contributed by atoms with Crippen LogP contribution < -0.4 is 16.2 Å². The van der Waals surface area contributed by atoms with Gasteiger partial charge in [-0.05, 0) is 36.8 Å². The van der Waals surface area contributed by atoms with Crippen molar-refractivity contribution in [3.63, 3.8) is 0 Å². The predicted molar refractivity (Wildman–Crippen MR) is 112 cm³/mol. The van der Waals surface area contributed by atoms with Gasteiger partial charge in [-0.1, -0.05) is 6.07 Å². The zero-order valence-electron chi connectivity index (χ0n) is 16.4. The number of hydrogen-bond acceptors (Lipinski definition) is 7. The summed E-state index contributed by atoms with van der Waals surface area (Å²) in [6.07, 6.45) is 1.70. The van der Waals surface area contributed by atoms with Crippen molar-refractivity contribution >= 4 is 28.3 Å². The van der Waals surface area contributed by atoms with Gasteiger partial charge in [0.1, 0.15) is 5.82 Å². The van der Waals surface area contributed by atoms with Crippen molar-refractivity contribution in [2.45, 2.75) is 13.0 Å². The number of ether oxygens (including phenoxy) is 2. The van der Waals surface area contributed by atoms with E-state index >= 15 is 0 Å². The number of rotatable bonds is 3. The molecule has 0 saturated carbocycles. The Balaban J connectivity index is 1.74. The predicted octanol–water partition coefficient (Wildman–Crippen LogP) is 2.33. The van der Waals surface area contributed by atoms with Gasteiger partial charge in [0.2, 0.25) is 5.88 Å². The molecule has 1 fully saturated rings. The maximum atomic E-state index is 13.1. The lowest BCUT2D eigenvalue weighted by Gasteiger charge is -2.33. The molecule has 4 rings (SSSR count). The number of morpholine rings is 1. The van der Waals surface area contributed by atoms with E-state index in [0.29, 0.717) is 42.4 Å². The van der Waals surface area contributed by atoms with Crippen LogP contribution in [0.15, 0.2) is 36.5 Å². The average molecular weight is 393 g/mol. The molecule has 2 aromatic heterocycles. The van der Waals surface area contributed by atoms with Crippen LogP contribution in [0.3, 0.4) is 0 Å². The second kappa shape index (κ2) is 7.56. The first-order valence-corrected chi connectivity index (χ1v) is 9.37. The van der Waals surface area contributed by atoms with Crippen LogP contribution in [-0.2, 0) is 4.74 Å². The summed E-state index contributed by atoms with van der Waals surface area (Å²) < 4.78 is 10.5. The first-order valence-electron chi connectivity index (χ1n) is 9.37. The minimum Gasteiger partial charge on any atom is -0.480 e. The molecule has 29 heavy (non-hydrogen) atoms. The van der Waals surface area contributed by atoms with Crippen LogP contribution in [0.25, 0.3) is 22.0 Å². The monoisotopic (exact) mass is 393 g/mol. The van der Waals surface area contributed by atoms with E-state index in [-0.39, 0.29) is 17.8 Å². The molecular formula is C21H23N5O3. The largest absolute Gasteiger partial charge is 0.480 e. The van der Waals surface area contributed by atoms with Crippen LogP contribution in [0.5, 0.6) is 5.88 Å². The number of amides is 1. The minimum absolute atomic E-state index is 0.00831. The Morgan fingerprint density at radius 3 is 2.79 bits per heavy atom. The number of methoxy groups -OCH3 is 1. The lowest BCUT2D eigenvalue weighted by atomic mass is 10.0. The summed E-state index contributed by atoms with van der Waals surface area (Å²) in [4.78, 5) is 23.5. The Morgan fingerprint density at radius 2 is 2.07 bits per heavy atom. The highest BCUT2D eigenvalue weighted by atomic mass is 16.5. The summed E-state index contributed by atoms with van der Waals surface area (Å²) in [5, 5.41) is 0.815. The summed E-state index contributed by atoms with van der Waals surface area (Å²) in [5.74, 6) is 0.481. The Kier molecular flexibility index (Phi) is 4.94. The number of nitrogens with two attached hydrogens (primary N) is 2. The van der Waals surface area contributed by atoms with Gasteiger partial charge < -0.3 is 25.8 Å². The Hall–Kier alpha value is -3.39. The topological polar surface area (TPSA) is 117 Å². The first kappa shape index (κ1) is 18.9. The Labute approximate surface area is 168 Å². The number of nitrogens with zero attached hydrogens (tertiary/aromatic N) is 3. The maximum absolute atomic E-state index is 13.1. The molecule has 4 N–H and O–H groups in total. The van der Waals surface area contributed by atoms with Crippen LogP contribution >= 0.6 is 0 Å². The Morgan fingerprint density at radius 1 is 1.24 bits per heavy atom. The molecular weight excluding hydrogens is 370 g/mol. The van der Waals surface area contributed by atoms with Crippen molar-refractivity contribution in [2.75, 3.05) is 38.3 Å². The molecule has 8 heteroatoms. The number of hydrogen-bond donors (Lipinski definition) is 2. The zero-order valence-corrected chi connectivity index (χ0v) is 16.4. The van der Waals surface area contributed by atoms with E-state index in [0.717, 1.165) is 16.5 Å². The third kappa shape index (κ3) is 3.54. The fourth-order valence-electron chi connectivity index (χ4n) is 3.52. The quantitative estimate of drug-likeness (QED) is 0.701. The smallest absolute Gasteiger partial charge is 0.258 e. The molecule has 1 saturated heterocycles. The molecule has 3 heterocycles. The van der Waals surface area contributed by atoms with E-state index in [4.69, 9.17) is 20.9 Å². The summed E-state index contributed by atoms with van der Waals surface area (Å²) in [5.41, 5.74) is 15.4. The molecule has 0 bridgehead atoms. The number of carbonyl (C=O) groups is 1. The van der Waals surface area contributed by atoms with Crippen molar-refractivity contribution in [1.82, 2.24) is 14.9 Å². The summed E-state index contributed by atoms with van der Waals surface area (Å²) >= 11 is 0. The number of nitrogen functional groups attached to an aromatic ring is 2. The third-order valence-electron chi connectivity index (χ3n) is 5.11. The first-order chi connectivity index (χ1) is 14.0. The average Bonchev–Trinajstić information content (AvgIpc) is 2.72. The number of aromatic nitrogens is 2. The fourth-order valence-corrected chi connectivity index (χ4v) is 3.52. The van der Waals surface area contributed by atoms with E-state index < -0.39 is 0 Å². The second-order valence-corrected chi connectivity index (χ2v) is 7.07. The number of fused-ring (bicyclic) bond motifs is 1. The van der Waals surface area contributed by atoms with Crippen LogP contribution in [0, 0.1) is 0 Å². The highest BCUT2D eigenvalue weighted by Gasteiger charge is 2.26. The molecule has 0 radical (unpaired) electrons. The molecule has 1 aliphatic heterocycles. The molecule has 3 aromatic rings. The molecule has 8 nitrogen and oxygen atoms in total. The van der Waals surface area contributed by atoms with Gasteiger partial charge in [0.15, 0.2) is 0 Å². The van der Waals surface area contributed by atoms with Crippen LogP contribution in [0.1, 0.15) is 17.3 Å². The number of benzene rings is 1. The zero-order chi connectivity index (χ0) is 20.5. The standard InChI is InChI=1S/C21H23N5O3/c1-12-11-29-6-5-26(12)21(27)16-8-14-7-13(3-4-18(14)25-19(16)23)15-9-17(22)20(28-2)24-10-15/h3-4,7-10,12H,5-6,11,22H2,1-2H3,(H2,23,25). The van der Waals surface area contributed by atoms with E-state index in [2.05, 4.69) is 9.97 Å². The summed E-state index contributed by atoms with van der Waals surface area (Å²) in [7, 11) is 1.53. The summed E-state index contributed by atoms with van der Waals surface area (Å²) in [6, 6.07) is 9.33. The van der Waals surface area contributed by atoms with Gasteiger partial charge in [0.25, 0.3) is 5.91 Å². The van der Waals surface area contributed by atoms with E-state index in [9.17, 15) is 4.79 Å². The number of carbonyl (C=O) groups excluding carboxylic acids is 1. The third-order valence-corrected chi connectivity index (χ3v) is 5.11. The minimum atomic E-state index is -0.131. The van der Waals surface area contributed by atoms with Gasteiger partial charge in [0, 0.05) is 23.7 Å². The molecule has 1 amide bonds. The van der Waals surface area contributed by atoms with Gasteiger partial charge >= 0.3 is 0 Å². The summed E-state index contributed by atoms with van der Waals surface area (Å²) in [6.45, 7) is 3.53. The van der Waals surface area contributed by atoms with Crippen molar-refractivity contribution in [2.24, 2.45) is 0 Å². The van der Waals surface area contributed by atoms with Crippen molar-refractivity contribution in [1.29, 1.82) is 0 Å². The second-order valence-electron chi connectivity index (χ2n) is 7.07. The number of pyridine rings is 2. The molecule has 1 aliphatic rings. The lowest BCUT2D eigenvalue weighted by Crippen LogP contribution is -2.47. The van der Waals surface area contributed by atoms with Gasteiger partial charge in [0.05, 0.1) is 43.1 Å². The van der Waals surface area contributed by atoms with Crippen molar-refractivity contribution in [3.05, 3.63) is 42.1 Å². The van der Waals surface area contributed by atoms with E-state index in [1.165, 1.54) is 7.11 Å². The lowest BCUT2D eigenvalue weighted by molar-refractivity contribution is 0.00364. The highest BCUT2D eigenvalue weighted by Crippen LogP contribution is 2.29. The van der Waals surface area contributed by atoms with E-state index in [1.54, 1.807) is 23.2 Å². The van der Waals surface area contributed by atoms with Gasteiger partial charge in [-0.25, -0.2) is 9.97 Å². The molecule has 1 atom stereocenters. The molecule has 1 unspecified atom stereocenters. The SMILES string of the molecule is COc1ncc(-c2ccc3nc(N)c(C(=O)N4CCOCC4C)cc3c2)cc1N. The molecule has 150 valence electrons. The normalized spacial score (nSPS) is 16.8. The van der Waals surface area contributed by atoms with Gasteiger partial charge in [-0.15, -0.1) is 0 Å². The fraction of sp³-hybridized carbons (Fsp3) is 0.286. The number of anilines is 2. The highest BCUT2D eigenvalue weighted by molar-refractivity contribution is 6.02. The van der Waals surface area contributed by atoms with Gasteiger partial charge in [-0.3, -0.25) is 4.79 Å². The van der Waals surface area contributed by atoms with E-state index in [1.807, 2.05) is 25.1 Å². The van der Waals surface area contributed by atoms with Gasteiger partial charge in [-0.2, -0.15) is 0 Å². The molecule has 0 spiro atoms. The molecule has 1 aromatic carbocycles. The van der Waals surface area contributed by atoms with Crippen molar-refractivity contribution < 1.29 is 14.3 Å². The van der Waals surface area contributed by atoms with Crippen LogP contribution in [0.2, 0.25) is 0 Å². The van der Waals surface area contributed by atoms with Crippen LogP contribution in [0.4, 0.5) is 11.5 Å². The van der Waals surface area contributed by atoms with Crippen LogP contribution in [-0.4, -0.2) is 53.7 Å². The molecule has 0 aliphatic carbocycles. The maximum Gasteiger partial charge on any atom is 0.258 e. The Bertz CT molecular complexity index is 1090.